The van der Waals surface area contributed by atoms with E-state index in [-0.39, 0.29) is 11.7 Å². The highest BCUT2D eigenvalue weighted by molar-refractivity contribution is 5.94. The number of allylic oxidation sites excluding steroid dienone is 1. The lowest BCUT2D eigenvalue weighted by Gasteiger charge is -2.63. The number of benzene rings is 1. The van der Waals surface area contributed by atoms with E-state index in [1.807, 2.05) is 50.3 Å². The predicted octanol–water partition coefficient (Wildman–Crippen LogP) is 3.58. The molecule has 1 spiro atoms. The van der Waals surface area contributed by atoms with Crippen molar-refractivity contribution in [1.82, 2.24) is 19.7 Å². The van der Waals surface area contributed by atoms with Crippen LogP contribution in [0.15, 0.2) is 59.8 Å². The number of esters is 2. The molecule has 4 fully saturated rings. The Labute approximate surface area is 345 Å². The number of hydrogen-bond acceptors (Lipinski definition) is 11. The maximum Gasteiger partial charge on any atom is 0.344 e. The van der Waals surface area contributed by atoms with Gasteiger partial charge in [0.15, 0.2) is 6.10 Å². The molecular formula is C46H58N4O9. The van der Waals surface area contributed by atoms with Gasteiger partial charge in [0.1, 0.15) is 5.78 Å². The number of carbonyl (C=O) groups excluding carboxylic acids is 4. The van der Waals surface area contributed by atoms with Crippen molar-refractivity contribution in [2.24, 2.45) is 22.7 Å². The van der Waals surface area contributed by atoms with Crippen LogP contribution in [-0.4, -0.2) is 136 Å². The molecule has 2 aliphatic carbocycles. The standard InChI is InChI=1S/C46H58N4O9/c1-7-42(55)22-29-23-45(27(3)52,37-31(14-18-48(24-29)25-42)30-12-9-10-13-34(30)47-37)33-20-32-35(21-36(33)57-5)50(26-51)39-44(32)16-19-49-17-11-15-43(8-2,38(44)49)40(59-28(4)53)46(39,56)41(54)58-6/h9-13,15,20-21,26,29,33,36,38-40,47,55-56H,7-8,14,16-19,22-25H2,1-6H3/t29?,33-,36?,38?,39-,40-,42+,43?,44-,45+,46+/m1/s1. The molecule has 1 amide bonds. The van der Waals surface area contributed by atoms with Gasteiger partial charge in [0.25, 0.3) is 0 Å². The minimum absolute atomic E-state index is 0.0365. The second-order valence-electron chi connectivity index (χ2n) is 18.5. The SMILES string of the molecule is CCC12C=CCN3CC[C@@]4(C5=C[C@@H]([C@@]6(C(C)=O)CC7CN(CCc8c6[nH]c6ccccc86)C[C@](O)(CC)C7)C(OC)C=C5N(C=O)[C@H]4[C@@](O)(C(=O)OC)[C@@H]1OC(C)=O)C32. The summed E-state index contributed by atoms with van der Waals surface area (Å²) >= 11 is 0. The molecule has 1 aromatic heterocycles. The highest BCUT2D eigenvalue weighted by Gasteiger charge is 2.82. The summed E-state index contributed by atoms with van der Waals surface area (Å²) in [6.07, 6.45) is 9.73. The normalized spacial score (nSPS) is 40.9. The minimum atomic E-state index is -2.49. The third-order valence-corrected chi connectivity index (χ3v) is 16.0. The van der Waals surface area contributed by atoms with Crippen LogP contribution >= 0.6 is 0 Å². The van der Waals surface area contributed by atoms with E-state index in [1.165, 1.54) is 18.9 Å². The first kappa shape index (κ1) is 40.3. The van der Waals surface area contributed by atoms with Gasteiger partial charge in [0.05, 0.1) is 30.3 Å². The summed E-state index contributed by atoms with van der Waals surface area (Å²) in [7, 11) is 2.81. The van der Waals surface area contributed by atoms with Crippen LogP contribution in [0.25, 0.3) is 10.9 Å². The summed E-state index contributed by atoms with van der Waals surface area (Å²) in [6, 6.07) is 6.54. The Morgan fingerprint density at radius 3 is 2.47 bits per heavy atom. The number of fused-ring (bicyclic) bond motifs is 6. The van der Waals surface area contributed by atoms with Crippen molar-refractivity contribution in [2.45, 2.75) is 107 Å². The number of amides is 1. The first-order valence-electron chi connectivity index (χ1n) is 21.4. The Morgan fingerprint density at radius 1 is 1.02 bits per heavy atom. The van der Waals surface area contributed by atoms with Gasteiger partial charge >= 0.3 is 11.9 Å². The fraction of sp³-hybridized carbons (Fsp3) is 0.609. The maximum atomic E-state index is 15.2. The van der Waals surface area contributed by atoms with Gasteiger partial charge in [0, 0.05) is 85.3 Å². The van der Waals surface area contributed by atoms with Crippen molar-refractivity contribution >= 4 is 35.0 Å². The molecule has 1 saturated carbocycles. The number of H-pyrrole nitrogens is 1. The number of nitrogens with one attached hydrogen (secondary N) is 1. The zero-order valence-corrected chi connectivity index (χ0v) is 35.0. The third kappa shape index (κ3) is 5.27. The summed E-state index contributed by atoms with van der Waals surface area (Å²) < 4.78 is 17.9. The number of para-hydroxylation sites is 1. The van der Waals surface area contributed by atoms with E-state index in [9.17, 15) is 24.6 Å². The molecule has 5 aliphatic heterocycles. The molecule has 3 saturated heterocycles. The van der Waals surface area contributed by atoms with E-state index in [0.29, 0.717) is 70.3 Å². The van der Waals surface area contributed by atoms with Gasteiger partial charge in [-0.2, -0.15) is 0 Å². The van der Waals surface area contributed by atoms with E-state index >= 15 is 4.79 Å². The Bertz CT molecular complexity index is 2200. The number of methoxy groups -OCH3 is 2. The van der Waals surface area contributed by atoms with Crippen molar-refractivity contribution in [3.63, 3.8) is 0 Å². The molecule has 316 valence electrons. The van der Waals surface area contributed by atoms with Crippen LogP contribution in [0.2, 0.25) is 0 Å². The molecule has 3 N–H and O–H groups in total. The topological polar surface area (TPSA) is 162 Å². The lowest BCUT2D eigenvalue weighted by molar-refractivity contribution is -0.242. The third-order valence-electron chi connectivity index (χ3n) is 16.0. The lowest BCUT2D eigenvalue weighted by Crippen LogP contribution is -2.80. The van der Waals surface area contributed by atoms with E-state index < -0.39 is 69.6 Å². The highest BCUT2D eigenvalue weighted by Crippen LogP contribution is 2.70. The molecular weight excluding hydrogens is 753 g/mol. The van der Waals surface area contributed by atoms with E-state index in [1.54, 1.807) is 14.0 Å². The van der Waals surface area contributed by atoms with Crippen molar-refractivity contribution in [2.75, 3.05) is 46.9 Å². The van der Waals surface area contributed by atoms with Crippen molar-refractivity contribution in [1.29, 1.82) is 0 Å². The fourth-order valence-electron chi connectivity index (χ4n) is 13.9. The van der Waals surface area contributed by atoms with Gasteiger partial charge in [-0.1, -0.05) is 50.3 Å². The summed E-state index contributed by atoms with van der Waals surface area (Å²) in [5, 5.41) is 26.3. The minimum Gasteiger partial charge on any atom is -0.467 e. The monoisotopic (exact) mass is 810 g/mol. The Balaban J connectivity index is 1.33. The second-order valence-corrected chi connectivity index (χ2v) is 18.5. The summed E-state index contributed by atoms with van der Waals surface area (Å²) in [6.45, 7) is 10.1. The molecule has 6 heterocycles. The number of ether oxygens (including phenoxy) is 3. The molecule has 13 heteroatoms. The molecule has 9 rings (SSSR count). The van der Waals surface area contributed by atoms with Crippen LogP contribution < -0.4 is 0 Å². The first-order valence-corrected chi connectivity index (χ1v) is 21.4. The average Bonchev–Trinajstić information content (AvgIpc) is 3.90. The van der Waals surface area contributed by atoms with Crippen molar-refractivity contribution < 1.29 is 43.6 Å². The number of aromatic amines is 1. The number of aliphatic hydroxyl groups is 2. The molecule has 1 aromatic carbocycles. The first-order chi connectivity index (χ1) is 28.2. The number of rotatable bonds is 8. The molecule has 5 unspecified atom stereocenters. The second kappa shape index (κ2) is 14.0. The van der Waals surface area contributed by atoms with Crippen LogP contribution in [0, 0.1) is 22.7 Å². The van der Waals surface area contributed by atoms with Crippen LogP contribution in [0.1, 0.15) is 71.1 Å². The number of ketones is 1. The molecule has 2 aromatic rings. The maximum absolute atomic E-state index is 15.2. The van der Waals surface area contributed by atoms with Crippen LogP contribution in [0.5, 0.6) is 0 Å². The Hall–Kier alpha value is -4.14. The van der Waals surface area contributed by atoms with Crippen LogP contribution in [0.3, 0.4) is 0 Å². The highest BCUT2D eigenvalue weighted by atomic mass is 16.6. The van der Waals surface area contributed by atoms with Gasteiger partial charge < -0.3 is 34.3 Å². The number of carbonyl (C=O) groups is 4. The number of aromatic nitrogens is 1. The van der Waals surface area contributed by atoms with Crippen LogP contribution in [0.4, 0.5) is 0 Å². The molecule has 59 heavy (non-hydrogen) atoms. The number of piperidine rings is 1. The van der Waals surface area contributed by atoms with E-state index in [2.05, 4.69) is 26.9 Å². The quantitative estimate of drug-likeness (QED) is 0.203. The summed E-state index contributed by atoms with van der Waals surface area (Å²) in [5.41, 5.74) is -2.57. The smallest absolute Gasteiger partial charge is 0.344 e. The number of likely N-dealkylation sites (tertiary alicyclic amines) is 1. The number of nitrogens with zero attached hydrogens (tertiary/aromatic N) is 3. The summed E-state index contributed by atoms with van der Waals surface area (Å²) in [5.74, 6) is -2.35. The van der Waals surface area contributed by atoms with Crippen LogP contribution in [-0.2, 0) is 45.2 Å². The van der Waals surface area contributed by atoms with Gasteiger partial charge in [-0.15, -0.1) is 0 Å². The van der Waals surface area contributed by atoms with E-state index in [0.717, 1.165) is 40.8 Å². The molecule has 12 atom stereocenters. The average molecular weight is 811 g/mol. The van der Waals surface area contributed by atoms with Gasteiger partial charge in [-0.05, 0) is 81.2 Å². The zero-order chi connectivity index (χ0) is 41.9. The van der Waals surface area contributed by atoms with Gasteiger partial charge in [-0.3, -0.25) is 24.2 Å². The van der Waals surface area contributed by atoms with Crippen molar-refractivity contribution in [3.05, 3.63) is 71.1 Å². The predicted molar refractivity (Wildman–Crippen MR) is 218 cm³/mol. The molecule has 13 nitrogen and oxygen atoms in total. The lowest BCUT2D eigenvalue weighted by atomic mass is 9.47. The van der Waals surface area contributed by atoms with Gasteiger partial charge in [0.2, 0.25) is 12.0 Å². The largest absolute Gasteiger partial charge is 0.467 e. The Morgan fingerprint density at radius 2 is 1.80 bits per heavy atom. The molecule has 2 bridgehead atoms. The van der Waals surface area contributed by atoms with Crippen molar-refractivity contribution in [3.8, 4) is 0 Å². The molecule has 7 aliphatic rings. The summed E-state index contributed by atoms with van der Waals surface area (Å²) in [4.78, 5) is 66.2. The number of hydrogen-bond donors (Lipinski definition) is 3. The number of Topliss-reactive ketones (excluding diaryl/α,β-unsaturated/α-hetero) is 1. The van der Waals surface area contributed by atoms with Gasteiger partial charge in [-0.25, -0.2) is 4.79 Å². The Kier molecular flexibility index (Phi) is 9.52. The molecule has 0 radical (unpaired) electrons. The van der Waals surface area contributed by atoms with E-state index in [4.69, 9.17) is 14.2 Å². The fourth-order valence-corrected chi connectivity index (χ4v) is 13.9. The zero-order valence-electron chi connectivity index (χ0n) is 35.0.